The lowest BCUT2D eigenvalue weighted by atomic mass is 10.0. The van der Waals surface area contributed by atoms with Crippen molar-refractivity contribution < 1.29 is 4.79 Å². The molecule has 2 aromatic carbocycles. The number of hydrogen-bond acceptors (Lipinski definition) is 5. The standard InChI is InChI=1S/C23H27N5OS/c1-5-6-19-25-26-23-28(19)27-20(17-10-7-14(2)8-11-17)21(30-23)22(29)24-18-12-9-15(3)13-16(18)4/h7-13,20-21,27H,5-6H2,1-4H3,(H,24,29)/t20-,21+/m0/s1. The first-order valence-electron chi connectivity index (χ1n) is 10.3. The van der Waals surface area contributed by atoms with E-state index >= 15 is 0 Å². The van der Waals surface area contributed by atoms with Gasteiger partial charge in [-0.2, -0.15) is 0 Å². The van der Waals surface area contributed by atoms with Gasteiger partial charge < -0.3 is 10.7 Å². The first-order valence-corrected chi connectivity index (χ1v) is 11.2. The molecule has 0 radical (unpaired) electrons. The van der Waals surface area contributed by atoms with E-state index in [-0.39, 0.29) is 17.2 Å². The minimum absolute atomic E-state index is 0.0451. The van der Waals surface area contributed by atoms with Gasteiger partial charge in [-0.25, -0.2) is 4.68 Å². The first kappa shape index (κ1) is 20.5. The van der Waals surface area contributed by atoms with Gasteiger partial charge in [-0.05, 0) is 44.4 Å². The first-order chi connectivity index (χ1) is 14.5. The highest BCUT2D eigenvalue weighted by atomic mass is 32.2. The van der Waals surface area contributed by atoms with Crippen molar-refractivity contribution in [2.24, 2.45) is 0 Å². The third-order valence-electron chi connectivity index (χ3n) is 5.31. The smallest absolute Gasteiger partial charge is 0.240 e. The fourth-order valence-electron chi connectivity index (χ4n) is 3.67. The van der Waals surface area contributed by atoms with E-state index in [0.717, 1.165) is 40.6 Å². The number of thioether (sulfide) groups is 1. The van der Waals surface area contributed by atoms with Gasteiger partial charge >= 0.3 is 0 Å². The third-order valence-corrected chi connectivity index (χ3v) is 6.53. The van der Waals surface area contributed by atoms with Gasteiger partial charge in [0.1, 0.15) is 5.25 Å². The van der Waals surface area contributed by atoms with Crippen LogP contribution in [-0.4, -0.2) is 26.0 Å². The zero-order valence-electron chi connectivity index (χ0n) is 17.8. The summed E-state index contributed by atoms with van der Waals surface area (Å²) in [6.07, 6.45) is 1.82. The number of carbonyl (C=O) groups excluding carboxylic acids is 1. The molecule has 0 fully saturated rings. The van der Waals surface area contributed by atoms with Crippen molar-refractivity contribution in [2.75, 3.05) is 10.7 Å². The van der Waals surface area contributed by atoms with Crippen molar-refractivity contribution in [3.63, 3.8) is 0 Å². The highest BCUT2D eigenvalue weighted by Crippen LogP contribution is 2.38. The largest absolute Gasteiger partial charge is 0.325 e. The zero-order valence-corrected chi connectivity index (χ0v) is 18.6. The summed E-state index contributed by atoms with van der Waals surface area (Å²) in [7, 11) is 0. The van der Waals surface area contributed by atoms with Gasteiger partial charge in [0, 0.05) is 12.1 Å². The highest BCUT2D eigenvalue weighted by molar-refractivity contribution is 8.00. The summed E-state index contributed by atoms with van der Waals surface area (Å²) in [5.41, 5.74) is 8.84. The fraction of sp³-hybridized carbons (Fsp3) is 0.348. The molecule has 3 aromatic rings. The molecule has 1 amide bonds. The van der Waals surface area contributed by atoms with Gasteiger partial charge in [0.25, 0.3) is 0 Å². The van der Waals surface area contributed by atoms with Gasteiger partial charge in [-0.1, -0.05) is 66.2 Å². The van der Waals surface area contributed by atoms with Gasteiger partial charge in [0.2, 0.25) is 11.1 Å². The maximum atomic E-state index is 13.4. The molecule has 2 atom stereocenters. The average molecular weight is 422 g/mol. The number of nitrogens with zero attached hydrogens (tertiary/aromatic N) is 3. The van der Waals surface area contributed by atoms with Crippen molar-refractivity contribution in [2.45, 2.75) is 57.0 Å². The number of amides is 1. The van der Waals surface area contributed by atoms with Crippen LogP contribution in [0.15, 0.2) is 47.6 Å². The predicted octanol–water partition coefficient (Wildman–Crippen LogP) is 4.55. The van der Waals surface area contributed by atoms with E-state index in [1.165, 1.54) is 22.9 Å². The molecule has 0 bridgehead atoms. The zero-order chi connectivity index (χ0) is 21.3. The topological polar surface area (TPSA) is 71.8 Å². The second-order valence-corrected chi connectivity index (χ2v) is 8.96. The van der Waals surface area contributed by atoms with Crippen LogP contribution in [0.4, 0.5) is 5.69 Å². The summed E-state index contributed by atoms with van der Waals surface area (Å²) in [4.78, 5) is 13.4. The Balaban J connectivity index is 1.67. The number of benzene rings is 2. The molecule has 7 heteroatoms. The molecule has 1 aliphatic heterocycles. The third kappa shape index (κ3) is 4.07. The highest BCUT2D eigenvalue weighted by Gasteiger charge is 2.37. The molecule has 0 unspecified atom stereocenters. The lowest BCUT2D eigenvalue weighted by Gasteiger charge is -2.33. The predicted molar refractivity (Wildman–Crippen MR) is 121 cm³/mol. The van der Waals surface area contributed by atoms with Gasteiger partial charge in [-0.3, -0.25) is 4.79 Å². The summed E-state index contributed by atoms with van der Waals surface area (Å²) < 4.78 is 1.94. The van der Waals surface area contributed by atoms with E-state index in [1.807, 2.05) is 30.7 Å². The Morgan fingerprint density at radius 2 is 1.83 bits per heavy atom. The molecule has 0 saturated heterocycles. The normalized spacial score (nSPS) is 17.9. The lowest BCUT2D eigenvalue weighted by molar-refractivity contribution is -0.116. The number of carbonyl (C=O) groups is 1. The number of nitrogens with one attached hydrogen (secondary N) is 2. The molecule has 1 aromatic heterocycles. The summed E-state index contributed by atoms with van der Waals surface area (Å²) in [5.74, 6) is 0.849. The maximum Gasteiger partial charge on any atom is 0.240 e. The van der Waals surface area contributed by atoms with Crippen LogP contribution in [0, 0.1) is 20.8 Å². The summed E-state index contributed by atoms with van der Waals surface area (Å²) in [6, 6.07) is 14.2. The number of rotatable bonds is 5. The van der Waals surface area contributed by atoms with Gasteiger partial charge in [0.15, 0.2) is 5.82 Å². The van der Waals surface area contributed by atoms with Crippen molar-refractivity contribution in [1.82, 2.24) is 14.9 Å². The molecular weight excluding hydrogens is 394 g/mol. The molecule has 2 N–H and O–H groups in total. The summed E-state index contributed by atoms with van der Waals surface area (Å²) in [5, 5.41) is 12.1. The van der Waals surface area contributed by atoms with E-state index in [2.05, 4.69) is 65.1 Å². The minimum Gasteiger partial charge on any atom is -0.325 e. The maximum absolute atomic E-state index is 13.4. The molecule has 1 aliphatic rings. The van der Waals surface area contributed by atoms with E-state index in [1.54, 1.807) is 0 Å². The summed E-state index contributed by atoms with van der Waals surface area (Å²) in [6.45, 7) is 8.25. The molecule has 2 heterocycles. The molecular formula is C23H27N5OS. The fourth-order valence-corrected chi connectivity index (χ4v) is 4.76. The van der Waals surface area contributed by atoms with Crippen LogP contribution in [0.25, 0.3) is 0 Å². The van der Waals surface area contributed by atoms with E-state index in [4.69, 9.17) is 0 Å². The van der Waals surface area contributed by atoms with Gasteiger partial charge in [0.05, 0.1) is 6.04 Å². The monoisotopic (exact) mass is 421 g/mol. The number of aryl methyl sites for hydroxylation is 4. The molecule has 0 spiro atoms. The van der Waals surface area contributed by atoms with Crippen LogP contribution < -0.4 is 10.7 Å². The van der Waals surface area contributed by atoms with Crippen molar-refractivity contribution >= 4 is 23.4 Å². The quantitative estimate of drug-likeness (QED) is 0.632. The van der Waals surface area contributed by atoms with Crippen LogP contribution in [0.2, 0.25) is 0 Å². The number of aromatic nitrogens is 3. The van der Waals surface area contributed by atoms with E-state index in [0.29, 0.717) is 0 Å². The lowest BCUT2D eigenvalue weighted by Crippen LogP contribution is -2.41. The Hall–Kier alpha value is -2.80. The molecule has 156 valence electrons. The van der Waals surface area contributed by atoms with Crippen LogP contribution in [0.5, 0.6) is 0 Å². The van der Waals surface area contributed by atoms with Crippen LogP contribution in [0.1, 0.15) is 47.5 Å². The minimum atomic E-state index is -0.375. The Kier molecular flexibility index (Phi) is 5.81. The van der Waals surface area contributed by atoms with Crippen LogP contribution in [0.3, 0.4) is 0 Å². The SMILES string of the molecule is CCCc1nnc2n1N[C@@H](c1ccc(C)cc1)[C@H](C(=O)Nc1ccc(C)cc1C)S2. The average Bonchev–Trinajstić information content (AvgIpc) is 3.12. The van der Waals surface area contributed by atoms with E-state index in [9.17, 15) is 4.79 Å². The Labute approximate surface area is 181 Å². The van der Waals surface area contributed by atoms with Gasteiger partial charge in [-0.15, -0.1) is 10.2 Å². The molecule has 0 saturated carbocycles. The molecule has 30 heavy (non-hydrogen) atoms. The second-order valence-electron chi connectivity index (χ2n) is 7.85. The molecule has 0 aliphatic carbocycles. The van der Waals surface area contributed by atoms with Crippen LogP contribution >= 0.6 is 11.8 Å². The van der Waals surface area contributed by atoms with Crippen molar-refractivity contribution in [1.29, 1.82) is 0 Å². The van der Waals surface area contributed by atoms with Crippen molar-refractivity contribution in [3.8, 4) is 0 Å². The molecule has 4 rings (SSSR count). The molecule has 6 nitrogen and oxygen atoms in total. The Morgan fingerprint density at radius 1 is 1.10 bits per heavy atom. The number of anilines is 1. The summed E-state index contributed by atoms with van der Waals surface area (Å²) >= 11 is 1.46. The second kappa shape index (κ2) is 8.52. The van der Waals surface area contributed by atoms with Crippen molar-refractivity contribution in [3.05, 3.63) is 70.5 Å². The Morgan fingerprint density at radius 3 is 2.53 bits per heavy atom. The van der Waals surface area contributed by atoms with Crippen LogP contribution in [-0.2, 0) is 11.2 Å². The number of hydrogen-bond donors (Lipinski definition) is 2. The number of fused-ring (bicyclic) bond motifs is 1. The van der Waals surface area contributed by atoms with E-state index < -0.39 is 0 Å². The Bertz CT molecular complexity index is 1060.